The van der Waals surface area contributed by atoms with E-state index in [4.69, 9.17) is 5.11 Å². The molecule has 0 bridgehead atoms. The summed E-state index contributed by atoms with van der Waals surface area (Å²) in [4.78, 5) is 21.9. The number of carbonyl (C=O) groups excluding carboxylic acids is 1. The van der Waals surface area contributed by atoms with Crippen LogP contribution in [0.1, 0.15) is 13.8 Å². The van der Waals surface area contributed by atoms with Gasteiger partial charge in [0.1, 0.15) is 0 Å². The van der Waals surface area contributed by atoms with Gasteiger partial charge < -0.3 is 5.11 Å². The maximum Gasteiger partial charge on any atom is 0.337 e. The Balaban J connectivity index is 5.19. The van der Waals surface area contributed by atoms with Crippen LogP contribution in [-0.2, 0) is 9.59 Å². The second-order valence-corrected chi connectivity index (χ2v) is 3.62. The highest BCUT2D eigenvalue weighted by Gasteiger charge is 2.11. The molecule has 0 heterocycles. The molecule has 0 atom stereocenters. The number of aliphatic carboxylic acids is 1. The average Bonchev–Trinajstić information content (AvgIpc) is 2.40. The van der Waals surface area contributed by atoms with E-state index < -0.39 is 5.97 Å². The van der Waals surface area contributed by atoms with Gasteiger partial charge in [0, 0.05) is 0 Å². The van der Waals surface area contributed by atoms with Gasteiger partial charge in [-0.3, -0.25) is 10.2 Å². The van der Waals surface area contributed by atoms with Gasteiger partial charge in [-0.25, -0.2) is 4.79 Å². The molecule has 2 N–H and O–H groups in total. The number of allylic oxidation sites excluding steroid dienone is 6. The maximum atomic E-state index is 11.1. The first-order valence-electron chi connectivity index (χ1n) is 5.83. The van der Waals surface area contributed by atoms with Crippen molar-refractivity contribution in [2.24, 2.45) is 5.10 Å². The fraction of sp³-hybridized carbons (Fsp3) is 0.133. The van der Waals surface area contributed by atoms with Crippen molar-refractivity contribution >= 4 is 17.5 Å². The first kappa shape index (κ1) is 17.3. The molecule has 0 spiro atoms. The monoisotopic (exact) mass is 274 g/mol. The van der Waals surface area contributed by atoms with Crippen LogP contribution in [0, 0.1) is 0 Å². The van der Waals surface area contributed by atoms with Crippen molar-refractivity contribution in [2.45, 2.75) is 13.8 Å². The largest absolute Gasteiger partial charge is 0.478 e. The van der Waals surface area contributed by atoms with E-state index >= 15 is 0 Å². The van der Waals surface area contributed by atoms with Gasteiger partial charge in [-0.05, 0) is 38.2 Å². The summed E-state index contributed by atoms with van der Waals surface area (Å²) in [6.07, 6.45) is 8.57. The Morgan fingerprint density at radius 1 is 1.25 bits per heavy atom. The lowest BCUT2D eigenvalue weighted by Crippen LogP contribution is -2.15. The lowest BCUT2D eigenvalue weighted by molar-refractivity contribution is -0.132. The molecule has 0 fully saturated rings. The Morgan fingerprint density at radius 3 is 2.30 bits per heavy atom. The normalized spacial score (nSPS) is 13.2. The van der Waals surface area contributed by atoms with Crippen LogP contribution >= 0.6 is 0 Å². The number of hydrogen-bond donors (Lipinski definition) is 2. The van der Waals surface area contributed by atoms with E-state index in [-0.39, 0.29) is 11.4 Å². The molecule has 106 valence electrons. The van der Waals surface area contributed by atoms with Crippen LogP contribution in [0.25, 0.3) is 0 Å². The molecule has 0 rings (SSSR count). The lowest BCUT2D eigenvalue weighted by atomic mass is 10.2. The fourth-order valence-corrected chi connectivity index (χ4v) is 1.15. The summed E-state index contributed by atoms with van der Waals surface area (Å²) >= 11 is 0. The Morgan fingerprint density at radius 2 is 1.90 bits per heavy atom. The number of carbonyl (C=O) groups is 2. The molecule has 0 saturated heterocycles. The number of nitrogens with one attached hydrogen (secondary N) is 1. The number of hydrogen-bond acceptors (Lipinski definition) is 4. The van der Waals surface area contributed by atoms with Gasteiger partial charge >= 0.3 is 5.97 Å². The van der Waals surface area contributed by atoms with Gasteiger partial charge in [0.2, 0.25) is 0 Å². The summed E-state index contributed by atoms with van der Waals surface area (Å²) in [7, 11) is 0. The molecule has 0 saturated carbocycles. The third-order valence-corrected chi connectivity index (χ3v) is 2.10. The van der Waals surface area contributed by atoms with E-state index in [2.05, 4.69) is 23.7 Å². The van der Waals surface area contributed by atoms with Crippen molar-refractivity contribution in [3.05, 3.63) is 60.9 Å². The van der Waals surface area contributed by atoms with Crippen molar-refractivity contribution in [1.82, 2.24) is 5.43 Å². The molecule has 20 heavy (non-hydrogen) atoms. The number of rotatable bonds is 8. The highest BCUT2D eigenvalue weighted by Crippen LogP contribution is 2.07. The third kappa shape index (κ3) is 6.30. The van der Waals surface area contributed by atoms with Crippen molar-refractivity contribution < 1.29 is 14.7 Å². The molecule has 0 aliphatic carbocycles. The summed E-state index contributed by atoms with van der Waals surface area (Å²) in [5.74, 6) is -1.22. The zero-order chi connectivity index (χ0) is 15.5. The highest BCUT2D eigenvalue weighted by molar-refractivity contribution is 6.06. The third-order valence-electron chi connectivity index (χ3n) is 2.10. The highest BCUT2D eigenvalue weighted by atomic mass is 16.4. The van der Waals surface area contributed by atoms with Crippen LogP contribution in [0.5, 0.6) is 0 Å². The zero-order valence-electron chi connectivity index (χ0n) is 11.6. The molecule has 0 unspecified atom stereocenters. The summed E-state index contributed by atoms with van der Waals surface area (Å²) < 4.78 is 0. The minimum absolute atomic E-state index is 0.0326. The molecular formula is C15H18N2O3. The van der Waals surface area contributed by atoms with Crippen molar-refractivity contribution in [2.75, 3.05) is 0 Å². The minimum atomic E-state index is -1.10. The van der Waals surface area contributed by atoms with Crippen molar-refractivity contribution in [3.63, 3.8) is 0 Å². The second kappa shape index (κ2) is 9.27. The molecular weight excluding hydrogens is 256 g/mol. The molecule has 0 aliphatic heterocycles. The molecule has 0 aromatic rings. The van der Waals surface area contributed by atoms with Crippen LogP contribution < -0.4 is 5.43 Å². The Bertz CT molecular complexity index is 523. The van der Waals surface area contributed by atoms with Crippen molar-refractivity contribution in [3.8, 4) is 0 Å². The van der Waals surface area contributed by atoms with Gasteiger partial charge in [0.05, 0.1) is 17.0 Å². The van der Waals surface area contributed by atoms with E-state index in [0.29, 0.717) is 11.4 Å². The topological polar surface area (TPSA) is 78.8 Å². The summed E-state index contributed by atoms with van der Waals surface area (Å²) in [6, 6.07) is 0. The molecule has 5 heteroatoms. The van der Waals surface area contributed by atoms with Crippen LogP contribution in [0.4, 0.5) is 0 Å². The summed E-state index contributed by atoms with van der Waals surface area (Å²) in [5.41, 5.74) is 3.38. The average molecular weight is 274 g/mol. The standard InChI is InChI=1S/C15H18N2O3/c1-5-8-13(15(19)20)14(7-3)17-16-12(6-2)10-9-11(4)18/h5-10,17H,1-2H2,3-4H3,(H,19,20)/b10-9?,13-8+,14-7+,16-12?. The predicted octanol–water partition coefficient (Wildman–Crippen LogP) is 2.36. The van der Waals surface area contributed by atoms with E-state index in [0.717, 1.165) is 0 Å². The van der Waals surface area contributed by atoms with Crippen LogP contribution in [0.2, 0.25) is 0 Å². The molecule has 0 amide bonds. The Kier molecular flexibility index (Phi) is 8.02. The number of carboxylic acids is 1. The fourth-order valence-electron chi connectivity index (χ4n) is 1.15. The van der Waals surface area contributed by atoms with Gasteiger partial charge in [-0.15, -0.1) is 0 Å². The Labute approximate surface area is 118 Å². The number of nitrogens with zero attached hydrogens (tertiary/aromatic N) is 1. The molecule has 0 aromatic carbocycles. The van der Waals surface area contributed by atoms with Gasteiger partial charge in [0.15, 0.2) is 5.78 Å². The molecule has 0 aromatic heterocycles. The second-order valence-electron chi connectivity index (χ2n) is 3.62. The van der Waals surface area contributed by atoms with Gasteiger partial charge in [-0.1, -0.05) is 25.3 Å². The first-order chi connectivity index (χ1) is 9.46. The molecule has 0 radical (unpaired) electrons. The summed E-state index contributed by atoms with van der Waals surface area (Å²) in [6.45, 7) is 10.1. The van der Waals surface area contributed by atoms with Crippen LogP contribution in [0.3, 0.4) is 0 Å². The summed E-state index contributed by atoms with van der Waals surface area (Å²) in [5, 5.41) is 13.1. The molecule has 0 aliphatic rings. The predicted molar refractivity (Wildman–Crippen MR) is 80.3 cm³/mol. The Hall–Kier alpha value is -2.69. The number of carboxylic acid groups (broad SMARTS) is 1. The first-order valence-corrected chi connectivity index (χ1v) is 5.83. The van der Waals surface area contributed by atoms with Gasteiger partial charge in [0.25, 0.3) is 0 Å². The van der Waals surface area contributed by atoms with E-state index in [1.807, 2.05) is 0 Å². The minimum Gasteiger partial charge on any atom is -0.478 e. The van der Waals surface area contributed by atoms with E-state index in [1.165, 1.54) is 37.3 Å². The lowest BCUT2D eigenvalue weighted by Gasteiger charge is -2.07. The molecule has 5 nitrogen and oxygen atoms in total. The number of ketones is 1. The van der Waals surface area contributed by atoms with Crippen LogP contribution in [0.15, 0.2) is 66.0 Å². The SMILES string of the molecule is C=C/C=C(C(=O)O)\C(=C/C)NN=C(C=C)C=CC(C)=O. The quantitative estimate of drug-likeness (QED) is 0.308. The van der Waals surface area contributed by atoms with E-state index in [1.54, 1.807) is 13.0 Å². The van der Waals surface area contributed by atoms with Crippen LogP contribution in [-0.4, -0.2) is 22.6 Å². The maximum absolute atomic E-state index is 11.1. The smallest absolute Gasteiger partial charge is 0.337 e. The van der Waals surface area contributed by atoms with E-state index in [9.17, 15) is 9.59 Å². The number of hydrazone groups is 1. The zero-order valence-corrected chi connectivity index (χ0v) is 11.6. The van der Waals surface area contributed by atoms with Crippen molar-refractivity contribution in [1.29, 1.82) is 0 Å². The van der Waals surface area contributed by atoms with Gasteiger partial charge in [-0.2, -0.15) is 5.10 Å².